The van der Waals surface area contributed by atoms with Crippen LogP contribution in [0.15, 0.2) is 18.6 Å². The van der Waals surface area contributed by atoms with Crippen LogP contribution in [-0.4, -0.2) is 23.0 Å². The van der Waals surface area contributed by atoms with E-state index in [0.29, 0.717) is 18.2 Å². The molecule has 66 valence electrons. The number of ether oxygens (including phenoxy) is 1. The standard InChI is InChI=1S/C4H3ClN2.C3H6O2/c5-4-3-6-1-2-7-4;1-2-5-3-4/h1-3H;3H,2H2,1H3. The van der Waals surface area contributed by atoms with Crippen LogP contribution in [0.2, 0.25) is 5.15 Å². The topological polar surface area (TPSA) is 52.1 Å². The number of carbonyl (C=O) groups is 1. The van der Waals surface area contributed by atoms with Crippen LogP contribution in [0.25, 0.3) is 0 Å². The van der Waals surface area contributed by atoms with Crippen molar-refractivity contribution in [1.29, 1.82) is 0 Å². The van der Waals surface area contributed by atoms with Crippen LogP contribution >= 0.6 is 11.6 Å². The highest BCUT2D eigenvalue weighted by Crippen LogP contribution is 1.95. The molecule has 5 heteroatoms. The minimum absolute atomic E-state index is 0.431. The van der Waals surface area contributed by atoms with Gasteiger partial charge in [-0.15, -0.1) is 0 Å². The lowest BCUT2D eigenvalue weighted by Crippen LogP contribution is -1.80. The summed E-state index contributed by atoms with van der Waals surface area (Å²) in [5, 5.41) is 0.433. The maximum absolute atomic E-state index is 9.18. The predicted molar refractivity (Wildman–Crippen MR) is 44.7 cm³/mol. The van der Waals surface area contributed by atoms with E-state index >= 15 is 0 Å². The number of hydrogen-bond donors (Lipinski definition) is 0. The van der Waals surface area contributed by atoms with Gasteiger partial charge in [-0.25, -0.2) is 4.98 Å². The van der Waals surface area contributed by atoms with Gasteiger partial charge in [0.2, 0.25) is 0 Å². The average molecular weight is 189 g/mol. The zero-order chi connectivity index (χ0) is 9.23. The largest absolute Gasteiger partial charge is 0.468 e. The van der Waals surface area contributed by atoms with Gasteiger partial charge in [-0.3, -0.25) is 9.78 Å². The first-order chi connectivity index (χ1) is 5.81. The average Bonchev–Trinajstić information content (AvgIpc) is 2.08. The monoisotopic (exact) mass is 188 g/mol. The number of hydrogen-bond acceptors (Lipinski definition) is 4. The fourth-order valence-electron chi connectivity index (χ4n) is 0.349. The SMILES string of the molecule is CCOC=O.Clc1cnccn1. The van der Waals surface area contributed by atoms with Crippen molar-refractivity contribution in [2.45, 2.75) is 6.92 Å². The molecule has 0 aliphatic carbocycles. The Bertz CT molecular complexity index is 206. The van der Waals surface area contributed by atoms with Crippen molar-refractivity contribution in [1.82, 2.24) is 9.97 Å². The van der Waals surface area contributed by atoms with Crippen LogP contribution < -0.4 is 0 Å². The van der Waals surface area contributed by atoms with Crippen LogP contribution in [0.1, 0.15) is 6.92 Å². The lowest BCUT2D eigenvalue weighted by molar-refractivity contribution is -0.128. The summed E-state index contributed by atoms with van der Waals surface area (Å²) >= 11 is 5.37. The van der Waals surface area contributed by atoms with Crippen molar-refractivity contribution >= 4 is 18.1 Å². The Morgan fingerprint density at radius 3 is 2.58 bits per heavy atom. The molecule has 0 bridgehead atoms. The second-order valence-electron chi connectivity index (χ2n) is 1.58. The molecule has 0 saturated carbocycles. The van der Waals surface area contributed by atoms with E-state index in [1.807, 2.05) is 0 Å². The van der Waals surface area contributed by atoms with E-state index in [2.05, 4.69) is 14.7 Å². The third-order valence-electron chi connectivity index (χ3n) is 0.766. The van der Waals surface area contributed by atoms with E-state index in [4.69, 9.17) is 11.6 Å². The molecule has 0 fully saturated rings. The molecule has 1 rings (SSSR count). The van der Waals surface area contributed by atoms with Crippen molar-refractivity contribution in [3.05, 3.63) is 23.7 Å². The van der Waals surface area contributed by atoms with E-state index in [9.17, 15) is 4.79 Å². The zero-order valence-electron chi connectivity index (χ0n) is 6.61. The van der Waals surface area contributed by atoms with Gasteiger partial charge in [-0.1, -0.05) is 11.6 Å². The molecule has 4 nitrogen and oxygen atoms in total. The highest BCUT2D eigenvalue weighted by Gasteiger charge is 1.77. The summed E-state index contributed by atoms with van der Waals surface area (Å²) in [5.41, 5.74) is 0. The molecule has 1 aromatic rings. The number of carbonyl (C=O) groups excluding carboxylic acids is 1. The molecule has 1 aromatic heterocycles. The summed E-state index contributed by atoms with van der Waals surface area (Å²) in [7, 11) is 0. The molecule has 0 N–H and O–H groups in total. The van der Waals surface area contributed by atoms with Crippen LogP contribution in [0.3, 0.4) is 0 Å². The highest BCUT2D eigenvalue weighted by atomic mass is 35.5. The number of halogens is 1. The summed E-state index contributed by atoms with van der Waals surface area (Å²) < 4.78 is 4.15. The Morgan fingerprint density at radius 2 is 2.42 bits per heavy atom. The summed E-state index contributed by atoms with van der Waals surface area (Å²) in [6.45, 7) is 2.66. The molecule has 0 amide bonds. The molecule has 0 radical (unpaired) electrons. The Labute approximate surface area is 75.5 Å². The minimum Gasteiger partial charge on any atom is -0.468 e. The second kappa shape index (κ2) is 7.94. The maximum Gasteiger partial charge on any atom is 0.293 e. The molecule has 0 aliphatic heterocycles. The Morgan fingerprint density at radius 1 is 1.67 bits per heavy atom. The third-order valence-corrected chi connectivity index (χ3v) is 0.962. The van der Waals surface area contributed by atoms with Gasteiger partial charge in [0.25, 0.3) is 6.47 Å². The summed E-state index contributed by atoms with van der Waals surface area (Å²) in [6, 6.07) is 0. The van der Waals surface area contributed by atoms with Crippen molar-refractivity contribution in [2.75, 3.05) is 6.61 Å². The first-order valence-electron chi connectivity index (χ1n) is 3.28. The Hall–Kier alpha value is -1.16. The van der Waals surface area contributed by atoms with Gasteiger partial charge in [-0.05, 0) is 6.92 Å². The van der Waals surface area contributed by atoms with E-state index in [-0.39, 0.29) is 0 Å². The summed E-state index contributed by atoms with van der Waals surface area (Å²) in [5.74, 6) is 0. The predicted octanol–water partition coefficient (Wildman–Crippen LogP) is 1.31. The minimum atomic E-state index is 0.431. The van der Waals surface area contributed by atoms with Crippen LogP contribution in [0, 0.1) is 0 Å². The molecular weight excluding hydrogens is 180 g/mol. The van der Waals surface area contributed by atoms with Crippen molar-refractivity contribution < 1.29 is 9.53 Å². The van der Waals surface area contributed by atoms with Crippen molar-refractivity contribution in [3.8, 4) is 0 Å². The van der Waals surface area contributed by atoms with Gasteiger partial charge in [0.05, 0.1) is 12.8 Å². The number of aromatic nitrogens is 2. The maximum atomic E-state index is 9.18. The van der Waals surface area contributed by atoms with Crippen LogP contribution in [0.4, 0.5) is 0 Å². The smallest absolute Gasteiger partial charge is 0.293 e. The van der Waals surface area contributed by atoms with Gasteiger partial charge < -0.3 is 4.74 Å². The van der Waals surface area contributed by atoms with Crippen molar-refractivity contribution in [3.63, 3.8) is 0 Å². The van der Waals surface area contributed by atoms with E-state index in [1.165, 1.54) is 6.20 Å². The van der Waals surface area contributed by atoms with Gasteiger partial charge >= 0.3 is 0 Å². The first-order valence-corrected chi connectivity index (χ1v) is 3.65. The number of nitrogens with zero attached hydrogens (tertiary/aromatic N) is 2. The van der Waals surface area contributed by atoms with Gasteiger partial charge in [-0.2, -0.15) is 0 Å². The van der Waals surface area contributed by atoms with E-state index < -0.39 is 0 Å². The first kappa shape index (κ1) is 10.8. The molecule has 0 saturated heterocycles. The number of rotatable bonds is 2. The highest BCUT2D eigenvalue weighted by molar-refractivity contribution is 6.29. The van der Waals surface area contributed by atoms with Gasteiger partial charge in [0.15, 0.2) is 0 Å². The Balaban J connectivity index is 0.000000217. The summed E-state index contributed by atoms with van der Waals surface area (Å²) in [6.07, 6.45) is 4.61. The van der Waals surface area contributed by atoms with Crippen LogP contribution in [0.5, 0.6) is 0 Å². The van der Waals surface area contributed by atoms with Gasteiger partial charge in [0.1, 0.15) is 5.15 Å². The lowest BCUT2D eigenvalue weighted by atomic mass is 10.8. The third kappa shape index (κ3) is 6.95. The molecule has 0 spiro atoms. The fraction of sp³-hybridized carbons (Fsp3) is 0.286. The fourth-order valence-corrected chi connectivity index (χ4v) is 0.462. The van der Waals surface area contributed by atoms with E-state index in [0.717, 1.165) is 0 Å². The molecule has 0 aliphatic rings. The van der Waals surface area contributed by atoms with Crippen LogP contribution in [-0.2, 0) is 9.53 Å². The molecule has 0 unspecified atom stereocenters. The molecule has 0 atom stereocenters. The summed E-state index contributed by atoms with van der Waals surface area (Å²) in [4.78, 5) is 16.6. The molecule has 0 aromatic carbocycles. The van der Waals surface area contributed by atoms with E-state index in [1.54, 1.807) is 19.3 Å². The molecule has 1 heterocycles. The zero-order valence-corrected chi connectivity index (χ0v) is 7.36. The quantitative estimate of drug-likeness (QED) is 0.657. The normalized spacial score (nSPS) is 7.83. The van der Waals surface area contributed by atoms with Gasteiger partial charge in [0, 0.05) is 12.4 Å². The molecular formula is C7H9ClN2O2. The Kier molecular flexibility index (Phi) is 7.17. The molecule has 12 heavy (non-hydrogen) atoms. The van der Waals surface area contributed by atoms with Crippen molar-refractivity contribution in [2.24, 2.45) is 0 Å². The lowest BCUT2D eigenvalue weighted by Gasteiger charge is -1.79. The second-order valence-corrected chi connectivity index (χ2v) is 1.97.